The highest BCUT2D eigenvalue weighted by molar-refractivity contribution is 6.42. The molecule has 0 aliphatic carbocycles. The fourth-order valence-electron chi connectivity index (χ4n) is 1.34. The van der Waals surface area contributed by atoms with E-state index in [0.29, 0.717) is 28.7 Å². The molecule has 4 nitrogen and oxygen atoms in total. The van der Waals surface area contributed by atoms with Gasteiger partial charge in [0.15, 0.2) is 0 Å². The van der Waals surface area contributed by atoms with Gasteiger partial charge in [0.2, 0.25) is 0 Å². The summed E-state index contributed by atoms with van der Waals surface area (Å²) in [6, 6.07) is 4.57. The van der Waals surface area contributed by atoms with Crippen LogP contribution < -0.4 is 10.6 Å². The molecule has 0 bridgehead atoms. The van der Waals surface area contributed by atoms with Crippen LogP contribution >= 0.6 is 23.2 Å². The lowest BCUT2D eigenvalue weighted by atomic mass is 10.1. The highest BCUT2D eigenvalue weighted by Gasteiger charge is 2.06. The Labute approximate surface area is 116 Å². The number of benzene rings is 1. The summed E-state index contributed by atoms with van der Waals surface area (Å²) in [5.41, 5.74) is 0.580. The summed E-state index contributed by atoms with van der Waals surface area (Å²) in [6.45, 7) is 2.58. The van der Waals surface area contributed by atoms with Gasteiger partial charge in [0.1, 0.15) is 0 Å². The minimum Gasteiger partial charge on any atom is -0.396 e. The number of amides is 2. The quantitative estimate of drug-likeness (QED) is 0.780. The molecule has 100 valence electrons. The number of urea groups is 1. The first-order valence-electron chi connectivity index (χ1n) is 5.63. The Kier molecular flexibility index (Phi) is 6.25. The molecule has 1 aromatic carbocycles. The maximum absolute atomic E-state index is 11.6. The molecule has 1 atom stereocenters. The molecule has 0 saturated carbocycles. The molecule has 0 fully saturated rings. The zero-order valence-electron chi connectivity index (χ0n) is 10.0. The summed E-state index contributed by atoms with van der Waals surface area (Å²) < 4.78 is 0. The summed E-state index contributed by atoms with van der Waals surface area (Å²) in [4.78, 5) is 11.6. The normalized spacial score (nSPS) is 12.0. The molecule has 0 aromatic heterocycles. The highest BCUT2D eigenvalue weighted by Crippen LogP contribution is 2.24. The van der Waals surface area contributed by atoms with Gasteiger partial charge in [0.25, 0.3) is 0 Å². The lowest BCUT2D eigenvalue weighted by Crippen LogP contribution is -2.32. The second kappa shape index (κ2) is 7.46. The molecule has 3 N–H and O–H groups in total. The van der Waals surface area contributed by atoms with E-state index in [1.807, 2.05) is 6.92 Å². The molecular formula is C12H16Cl2N2O2. The first-order valence-corrected chi connectivity index (χ1v) is 6.39. The summed E-state index contributed by atoms with van der Waals surface area (Å²) in [5.74, 6) is 0.231. The number of halogens is 2. The van der Waals surface area contributed by atoms with Crippen LogP contribution in [0, 0.1) is 5.92 Å². The number of aliphatic hydroxyl groups is 1. The number of hydrogen-bond acceptors (Lipinski definition) is 2. The number of aliphatic hydroxyl groups excluding tert-OH is 1. The van der Waals surface area contributed by atoms with Crippen LogP contribution in [0.15, 0.2) is 18.2 Å². The van der Waals surface area contributed by atoms with Crippen molar-refractivity contribution in [2.24, 2.45) is 5.92 Å². The fraction of sp³-hybridized carbons (Fsp3) is 0.417. The van der Waals surface area contributed by atoms with Crippen molar-refractivity contribution < 1.29 is 9.90 Å². The standard InChI is InChI=1S/C12H16Cl2N2O2/c1-8(4-5-17)7-15-12(18)16-9-2-3-10(13)11(14)6-9/h2-3,6,8,17H,4-5,7H2,1H3,(H2,15,16,18). The Morgan fingerprint density at radius 3 is 2.72 bits per heavy atom. The Morgan fingerprint density at radius 1 is 1.39 bits per heavy atom. The van der Waals surface area contributed by atoms with Crippen molar-refractivity contribution >= 4 is 34.9 Å². The number of rotatable bonds is 5. The van der Waals surface area contributed by atoms with E-state index in [0.717, 1.165) is 0 Å². The lowest BCUT2D eigenvalue weighted by molar-refractivity contribution is 0.243. The van der Waals surface area contributed by atoms with Gasteiger partial charge in [-0.05, 0) is 30.5 Å². The molecule has 0 heterocycles. The third-order valence-corrected chi connectivity index (χ3v) is 3.15. The molecule has 2 amide bonds. The predicted molar refractivity (Wildman–Crippen MR) is 74.4 cm³/mol. The van der Waals surface area contributed by atoms with Crippen LogP contribution in [0.5, 0.6) is 0 Å². The first-order chi connectivity index (χ1) is 8.52. The molecule has 18 heavy (non-hydrogen) atoms. The molecule has 1 rings (SSSR count). The average Bonchev–Trinajstić information content (AvgIpc) is 2.32. The van der Waals surface area contributed by atoms with Gasteiger partial charge in [0.05, 0.1) is 10.0 Å². The van der Waals surface area contributed by atoms with E-state index >= 15 is 0 Å². The van der Waals surface area contributed by atoms with Crippen molar-refractivity contribution in [3.8, 4) is 0 Å². The minimum absolute atomic E-state index is 0.122. The molecular weight excluding hydrogens is 275 g/mol. The Balaban J connectivity index is 2.42. The molecule has 1 aromatic rings. The van der Waals surface area contributed by atoms with Gasteiger partial charge in [-0.1, -0.05) is 30.1 Å². The average molecular weight is 291 g/mol. The summed E-state index contributed by atoms with van der Waals surface area (Å²) in [6.07, 6.45) is 0.660. The van der Waals surface area contributed by atoms with E-state index in [9.17, 15) is 4.79 Å². The maximum Gasteiger partial charge on any atom is 0.319 e. The summed E-state index contributed by atoms with van der Waals surface area (Å²) in [5, 5.41) is 14.9. The molecule has 0 radical (unpaired) electrons. The molecule has 6 heteroatoms. The zero-order valence-corrected chi connectivity index (χ0v) is 11.6. The van der Waals surface area contributed by atoms with E-state index in [4.69, 9.17) is 28.3 Å². The van der Waals surface area contributed by atoms with Crippen LogP contribution in [-0.4, -0.2) is 24.3 Å². The number of anilines is 1. The third-order valence-electron chi connectivity index (χ3n) is 2.41. The highest BCUT2D eigenvalue weighted by atomic mass is 35.5. The van der Waals surface area contributed by atoms with E-state index in [1.165, 1.54) is 0 Å². The van der Waals surface area contributed by atoms with Gasteiger partial charge in [-0.15, -0.1) is 0 Å². The zero-order chi connectivity index (χ0) is 13.5. The second-order valence-corrected chi connectivity index (χ2v) is 4.90. The third kappa shape index (κ3) is 5.12. The first kappa shape index (κ1) is 15.1. The smallest absolute Gasteiger partial charge is 0.319 e. The maximum atomic E-state index is 11.6. The topological polar surface area (TPSA) is 61.4 Å². The van der Waals surface area contributed by atoms with Gasteiger partial charge >= 0.3 is 6.03 Å². The van der Waals surface area contributed by atoms with E-state index in [2.05, 4.69) is 10.6 Å². The largest absolute Gasteiger partial charge is 0.396 e. The number of hydrogen-bond donors (Lipinski definition) is 3. The SMILES string of the molecule is CC(CCO)CNC(=O)Nc1ccc(Cl)c(Cl)c1. The van der Waals surface area contributed by atoms with Crippen LogP contribution in [0.25, 0.3) is 0 Å². The Morgan fingerprint density at radius 2 is 2.11 bits per heavy atom. The monoisotopic (exact) mass is 290 g/mol. The van der Waals surface area contributed by atoms with Crippen LogP contribution in [0.3, 0.4) is 0 Å². The van der Waals surface area contributed by atoms with Crippen LogP contribution in [0.4, 0.5) is 10.5 Å². The minimum atomic E-state index is -0.307. The lowest BCUT2D eigenvalue weighted by Gasteiger charge is -2.12. The van der Waals surface area contributed by atoms with Crippen molar-refractivity contribution in [2.45, 2.75) is 13.3 Å². The van der Waals surface area contributed by atoms with Gasteiger partial charge < -0.3 is 15.7 Å². The van der Waals surface area contributed by atoms with Crippen LogP contribution in [0.1, 0.15) is 13.3 Å². The Hall–Kier alpha value is -0.970. The van der Waals surface area contributed by atoms with Gasteiger partial charge in [-0.2, -0.15) is 0 Å². The fourth-order valence-corrected chi connectivity index (χ4v) is 1.64. The van der Waals surface area contributed by atoms with E-state index in [-0.39, 0.29) is 18.6 Å². The van der Waals surface area contributed by atoms with Crippen LogP contribution in [-0.2, 0) is 0 Å². The Bertz CT molecular complexity index is 413. The van der Waals surface area contributed by atoms with Crippen molar-refractivity contribution in [1.82, 2.24) is 5.32 Å². The molecule has 1 unspecified atom stereocenters. The van der Waals surface area contributed by atoms with Crippen molar-refractivity contribution in [3.63, 3.8) is 0 Å². The molecule has 0 spiro atoms. The van der Waals surface area contributed by atoms with Crippen molar-refractivity contribution in [1.29, 1.82) is 0 Å². The van der Waals surface area contributed by atoms with Gasteiger partial charge in [-0.3, -0.25) is 0 Å². The van der Waals surface area contributed by atoms with Crippen molar-refractivity contribution in [3.05, 3.63) is 28.2 Å². The van der Waals surface area contributed by atoms with Crippen molar-refractivity contribution in [2.75, 3.05) is 18.5 Å². The molecule has 0 aliphatic heterocycles. The summed E-state index contributed by atoms with van der Waals surface area (Å²) >= 11 is 11.6. The molecule has 0 saturated heterocycles. The number of carbonyl (C=O) groups is 1. The van der Waals surface area contributed by atoms with E-state index in [1.54, 1.807) is 18.2 Å². The van der Waals surface area contributed by atoms with Crippen LogP contribution in [0.2, 0.25) is 10.0 Å². The second-order valence-electron chi connectivity index (χ2n) is 4.08. The number of nitrogens with one attached hydrogen (secondary N) is 2. The van der Waals surface area contributed by atoms with E-state index < -0.39 is 0 Å². The van der Waals surface area contributed by atoms with Gasteiger partial charge in [-0.25, -0.2) is 4.79 Å². The predicted octanol–water partition coefficient (Wildman–Crippen LogP) is 3.13. The summed E-state index contributed by atoms with van der Waals surface area (Å²) in [7, 11) is 0. The molecule has 0 aliphatic rings. The van der Waals surface area contributed by atoms with Gasteiger partial charge in [0, 0.05) is 18.8 Å². The number of carbonyl (C=O) groups excluding carboxylic acids is 1.